The summed E-state index contributed by atoms with van der Waals surface area (Å²) < 4.78 is 10.5. The number of hydrogen-bond donors (Lipinski definition) is 0. The van der Waals surface area contributed by atoms with Crippen LogP contribution in [0.15, 0.2) is 109 Å². The second-order valence-corrected chi connectivity index (χ2v) is 9.09. The molecule has 0 spiro atoms. The van der Waals surface area contributed by atoms with Gasteiger partial charge in [0.25, 0.3) is 0 Å². The molecule has 0 aliphatic rings. The number of esters is 2. The summed E-state index contributed by atoms with van der Waals surface area (Å²) in [6.45, 7) is 10.4. The number of nitrogens with zero attached hydrogens (tertiary/aromatic N) is 2. The van der Waals surface area contributed by atoms with Gasteiger partial charge < -0.3 is 9.47 Å². The topological polar surface area (TPSA) is 78.4 Å². The van der Waals surface area contributed by atoms with Gasteiger partial charge in [0.2, 0.25) is 0 Å². The van der Waals surface area contributed by atoms with Gasteiger partial charge in [0.1, 0.15) is 11.5 Å². The first-order valence-electron chi connectivity index (χ1n) is 12.5. The highest BCUT2D eigenvalue weighted by atomic mass is 16.5. The molecular formula is C34H28N2O4. The van der Waals surface area contributed by atoms with Crippen LogP contribution in [0.2, 0.25) is 0 Å². The van der Waals surface area contributed by atoms with Gasteiger partial charge in [0.15, 0.2) is 0 Å². The molecule has 0 aliphatic heterocycles. The highest BCUT2D eigenvalue weighted by molar-refractivity contribution is 5.89. The highest BCUT2D eigenvalue weighted by Gasteiger charge is 2.06. The third kappa shape index (κ3) is 7.82. The molecule has 2 aromatic heterocycles. The fourth-order valence-electron chi connectivity index (χ4n) is 3.45. The molecule has 2 aromatic carbocycles. The van der Waals surface area contributed by atoms with Crippen molar-refractivity contribution in [2.45, 2.75) is 13.8 Å². The van der Waals surface area contributed by atoms with E-state index in [9.17, 15) is 9.59 Å². The van der Waals surface area contributed by atoms with Crippen molar-refractivity contribution in [3.63, 3.8) is 0 Å². The lowest BCUT2D eigenvalue weighted by molar-refractivity contribution is -0.130. The Morgan fingerprint density at radius 2 is 0.925 bits per heavy atom. The normalized spacial score (nSPS) is 10.9. The zero-order valence-corrected chi connectivity index (χ0v) is 22.3. The molecule has 198 valence electrons. The number of ether oxygens (including phenoxy) is 2. The van der Waals surface area contributed by atoms with Crippen LogP contribution in [0.5, 0.6) is 11.5 Å². The minimum absolute atomic E-state index is 0.351. The lowest BCUT2D eigenvalue weighted by Crippen LogP contribution is -2.07. The van der Waals surface area contributed by atoms with Crippen molar-refractivity contribution in [1.29, 1.82) is 0 Å². The third-order valence-electron chi connectivity index (χ3n) is 5.65. The van der Waals surface area contributed by atoms with Crippen molar-refractivity contribution in [2.24, 2.45) is 0 Å². The number of hydrogen-bond acceptors (Lipinski definition) is 6. The van der Waals surface area contributed by atoms with Gasteiger partial charge >= 0.3 is 11.9 Å². The first kappa shape index (κ1) is 27.7. The maximum atomic E-state index is 11.7. The number of rotatable bonds is 9. The molecule has 0 aliphatic carbocycles. The third-order valence-corrected chi connectivity index (χ3v) is 5.65. The summed E-state index contributed by atoms with van der Waals surface area (Å²) in [6, 6.07) is 22.3. The van der Waals surface area contributed by atoms with Gasteiger partial charge in [-0.3, -0.25) is 9.97 Å². The van der Waals surface area contributed by atoms with Crippen molar-refractivity contribution in [1.82, 2.24) is 9.97 Å². The van der Waals surface area contributed by atoms with Gasteiger partial charge in [-0.15, -0.1) is 0 Å². The Kier molecular flexibility index (Phi) is 8.95. The van der Waals surface area contributed by atoms with Crippen LogP contribution in [0, 0.1) is 0 Å². The molecule has 0 amide bonds. The Hall–Kier alpha value is -5.36. The minimum Gasteiger partial charge on any atom is -0.423 e. The average Bonchev–Trinajstić information content (AvgIpc) is 2.96. The van der Waals surface area contributed by atoms with Gasteiger partial charge in [-0.25, -0.2) is 9.59 Å². The lowest BCUT2D eigenvalue weighted by atomic mass is 10.1. The molecule has 2 heterocycles. The van der Waals surface area contributed by atoms with Crippen LogP contribution in [0.1, 0.15) is 36.1 Å². The SMILES string of the molecule is C=C(C)C(=O)Oc1ccc(/C=C/c2ccnc(-c3cc(/C=C/c4ccc(OC(=O)C(=C)C)cc4)ccn3)c2)cc1. The second-order valence-electron chi connectivity index (χ2n) is 9.09. The van der Waals surface area contributed by atoms with Gasteiger partial charge in [0.05, 0.1) is 11.4 Å². The van der Waals surface area contributed by atoms with E-state index in [1.165, 1.54) is 0 Å². The number of benzene rings is 2. The van der Waals surface area contributed by atoms with Crippen LogP contribution in [0.3, 0.4) is 0 Å². The first-order valence-corrected chi connectivity index (χ1v) is 12.5. The van der Waals surface area contributed by atoms with E-state index in [1.807, 2.05) is 72.8 Å². The number of pyridine rings is 2. The Bertz CT molecular complexity index is 1490. The van der Waals surface area contributed by atoms with Crippen molar-refractivity contribution in [3.8, 4) is 22.9 Å². The average molecular weight is 529 g/mol. The molecule has 6 nitrogen and oxygen atoms in total. The number of carbonyl (C=O) groups excluding carboxylic acids is 2. The fraction of sp³-hybridized carbons (Fsp3) is 0.0588. The first-order chi connectivity index (χ1) is 19.3. The largest absolute Gasteiger partial charge is 0.423 e. The molecule has 0 N–H and O–H groups in total. The molecule has 6 heteroatoms. The van der Waals surface area contributed by atoms with E-state index >= 15 is 0 Å². The Morgan fingerprint density at radius 1 is 0.575 bits per heavy atom. The van der Waals surface area contributed by atoms with Crippen LogP contribution in [0.25, 0.3) is 35.7 Å². The van der Waals surface area contributed by atoms with E-state index in [1.54, 1.807) is 50.5 Å². The summed E-state index contributed by atoms with van der Waals surface area (Å²) in [6.07, 6.45) is 11.4. The summed E-state index contributed by atoms with van der Waals surface area (Å²) in [5.74, 6) is 0.0476. The van der Waals surface area contributed by atoms with Crippen molar-refractivity contribution in [3.05, 3.63) is 132 Å². The molecule has 0 atom stereocenters. The molecule has 0 saturated carbocycles. The van der Waals surface area contributed by atoms with Crippen LogP contribution in [0.4, 0.5) is 0 Å². The minimum atomic E-state index is -0.446. The molecule has 4 aromatic rings. The molecule has 0 radical (unpaired) electrons. The second kappa shape index (κ2) is 12.9. The van der Waals surface area contributed by atoms with Gasteiger partial charge in [-0.1, -0.05) is 61.7 Å². The zero-order valence-electron chi connectivity index (χ0n) is 22.3. The molecule has 40 heavy (non-hydrogen) atoms. The Morgan fingerprint density at radius 3 is 1.27 bits per heavy atom. The monoisotopic (exact) mass is 528 g/mol. The van der Waals surface area contributed by atoms with E-state index in [2.05, 4.69) is 23.1 Å². The maximum Gasteiger partial charge on any atom is 0.338 e. The molecule has 0 fully saturated rings. The molecular weight excluding hydrogens is 500 g/mol. The molecule has 0 saturated heterocycles. The standard InChI is InChI=1S/C34H28N2O4/c1-23(2)33(37)39-29-13-9-25(10-14-29)5-7-27-17-19-35-31(21-27)32-22-28(18-20-36-32)8-6-26-11-15-30(16-12-26)40-34(38)24(3)4/h5-22H,1,3H2,2,4H3/b7-5+,8-6+. The summed E-state index contributed by atoms with van der Waals surface area (Å²) >= 11 is 0. The Balaban J connectivity index is 1.42. The van der Waals surface area contributed by atoms with Crippen LogP contribution in [-0.2, 0) is 9.59 Å². The summed E-state index contributed by atoms with van der Waals surface area (Å²) in [4.78, 5) is 32.3. The van der Waals surface area contributed by atoms with Crippen LogP contribution in [-0.4, -0.2) is 21.9 Å². The quantitative estimate of drug-likeness (QED) is 0.128. The van der Waals surface area contributed by atoms with Gasteiger partial charge in [-0.05, 0) is 84.6 Å². The van der Waals surface area contributed by atoms with E-state index in [4.69, 9.17) is 9.47 Å². The van der Waals surface area contributed by atoms with Crippen molar-refractivity contribution in [2.75, 3.05) is 0 Å². The van der Waals surface area contributed by atoms with Gasteiger partial charge in [-0.2, -0.15) is 0 Å². The van der Waals surface area contributed by atoms with E-state index in [0.717, 1.165) is 33.6 Å². The molecule has 4 rings (SSSR count). The van der Waals surface area contributed by atoms with E-state index in [0.29, 0.717) is 22.6 Å². The summed E-state index contributed by atoms with van der Waals surface area (Å²) in [7, 11) is 0. The smallest absolute Gasteiger partial charge is 0.338 e. The fourth-order valence-corrected chi connectivity index (χ4v) is 3.45. The maximum absolute atomic E-state index is 11.7. The predicted octanol–water partition coefficient (Wildman–Crippen LogP) is 7.45. The molecule has 0 bridgehead atoms. The lowest BCUT2D eigenvalue weighted by Gasteiger charge is -2.04. The summed E-state index contributed by atoms with van der Waals surface area (Å²) in [5, 5.41) is 0. The van der Waals surface area contributed by atoms with E-state index < -0.39 is 11.9 Å². The Labute approximate surface area is 233 Å². The van der Waals surface area contributed by atoms with E-state index in [-0.39, 0.29) is 0 Å². The predicted molar refractivity (Wildman–Crippen MR) is 159 cm³/mol. The highest BCUT2D eigenvalue weighted by Crippen LogP contribution is 2.21. The summed E-state index contributed by atoms with van der Waals surface area (Å²) in [5.41, 5.74) is 6.07. The van der Waals surface area contributed by atoms with Crippen LogP contribution < -0.4 is 9.47 Å². The van der Waals surface area contributed by atoms with Crippen molar-refractivity contribution >= 4 is 36.2 Å². The van der Waals surface area contributed by atoms with Crippen LogP contribution >= 0.6 is 0 Å². The number of aromatic nitrogens is 2. The van der Waals surface area contributed by atoms with Gasteiger partial charge in [0, 0.05) is 23.5 Å². The van der Waals surface area contributed by atoms with Crippen molar-refractivity contribution < 1.29 is 19.1 Å². The molecule has 0 unspecified atom stereocenters. The zero-order chi connectivity index (χ0) is 28.5. The number of carbonyl (C=O) groups is 2.